The maximum Gasteiger partial charge on any atom is 0.119 e. The van der Waals surface area contributed by atoms with E-state index in [0.717, 1.165) is 50.1 Å². The topological polar surface area (TPSA) is 35.2 Å². The lowest BCUT2D eigenvalue weighted by Crippen LogP contribution is -1.95. The van der Waals surface area contributed by atoms with Crippen molar-refractivity contribution in [3.05, 3.63) is 65.2 Å². The van der Waals surface area contributed by atoms with Crippen LogP contribution in [-0.4, -0.2) is 6.61 Å². The molecule has 2 N–H and O–H groups in total. The number of hydrogen-bond donors (Lipinski definition) is 1. The number of aryl methyl sites for hydroxylation is 1. The van der Waals surface area contributed by atoms with E-state index in [1.54, 1.807) is 0 Å². The van der Waals surface area contributed by atoms with Crippen LogP contribution in [0.3, 0.4) is 0 Å². The Balaban J connectivity index is 0.00000312. The largest absolute Gasteiger partial charge is 0.494 e. The van der Waals surface area contributed by atoms with E-state index < -0.39 is 0 Å². The van der Waals surface area contributed by atoms with Crippen molar-refractivity contribution < 1.29 is 4.74 Å². The van der Waals surface area contributed by atoms with E-state index in [4.69, 9.17) is 10.5 Å². The second-order valence-electron chi connectivity index (χ2n) is 6.36. The molecule has 2 aromatic rings. The molecular weight excluding hydrogens is 330 g/mol. The molecule has 0 bridgehead atoms. The van der Waals surface area contributed by atoms with E-state index in [1.165, 1.54) is 16.7 Å². The van der Waals surface area contributed by atoms with Gasteiger partial charge in [0.1, 0.15) is 5.75 Å². The van der Waals surface area contributed by atoms with Crippen LogP contribution in [0.15, 0.2) is 54.1 Å². The summed E-state index contributed by atoms with van der Waals surface area (Å²) in [6, 6.07) is 16.6. The van der Waals surface area contributed by atoms with Crippen LogP contribution in [0.2, 0.25) is 0 Å². The molecule has 25 heavy (non-hydrogen) atoms. The lowest BCUT2D eigenvalue weighted by molar-refractivity contribution is 0.309. The summed E-state index contributed by atoms with van der Waals surface area (Å²) in [6.07, 6.45) is 7.89. The van der Waals surface area contributed by atoms with Crippen LogP contribution in [0.1, 0.15) is 50.7 Å². The highest BCUT2D eigenvalue weighted by Gasteiger charge is 1.97. The van der Waals surface area contributed by atoms with Crippen LogP contribution in [0, 0.1) is 0 Å². The molecule has 0 radical (unpaired) electrons. The van der Waals surface area contributed by atoms with Crippen molar-refractivity contribution in [2.75, 3.05) is 12.3 Å². The zero-order valence-corrected chi connectivity index (χ0v) is 16.1. The Morgan fingerprint density at radius 3 is 2.32 bits per heavy atom. The van der Waals surface area contributed by atoms with Gasteiger partial charge in [0.15, 0.2) is 0 Å². The molecular formula is C22H30ClNO. The fourth-order valence-corrected chi connectivity index (χ4v) is 2.61. The van der Waals surface area contributed by atoms with Crippen LogP contribution in [-0.2, 0) is 6.42 Å². The normalized spacial score (nSPS) is 11.0. The number of hydrogen-bond acceptors (Lipinski definition) is 2. The second kappa shape index (κ2) is 11.6. The van der Waals surface area contributed by atoms with E-state index in [9.17, 15) is 0 Å². The highest BCUT2D eigenvalue weighted by molar-refractivity contribution is 5.85. The molecule has 0 unspecified atom stereocenters. The first-order valence-corrected chi connectivity index (χ1v) is 8.92. The van der Waals surface area contributed by atoms with E-state index in [2.05, 4.69) is 56.3 Å². The van der Waals surface area contributed by atoms with Crippen LogP contribution in [0.4, 0.5) is 5.69 Å². The van der Waals surface area contributed by atoms with Crippen molar-refractivity contribution in [3.63, 3.8) is 0 Å². The maximum absolute atomic E-state index is 5.72. The van der Waals surface area contributed by atoms with Gasteiger partial charge in [-0.25, -0.2) is 0 Å². The summed E-state index contributed by atoms with van der Waals surface area (Å²) in [5.41, 5.74) is 10.5. The molecule has 0 fully saturated rings. The number of nitrogens with two attached hydrogens (primary N) is 1. The highest BCUT2D eigenvalue weighted by Crippen LogP contribution is 2.17. The molecule has 3 heteroatoms. The molecule has 0 atom stereocenters. The maximum atomic E-state index is 5.72. The molecule has 0 saturated carbocycles. The Kier molecular flexibility index (Phi) is 9.79. The molecule has 0 spiro atoms. The lowest BCUT2D eigenvalue weighted by atomic mass is 10.0. The standard InChI is InChI=1S/C22H29NO.ClH/c1-3-4-16-24-22-14-10-20(11-15-22)17-18(2)6-5-7-19-8-12-21(23)13-9-19;/h8-15,17H,3-7,16,23H2,1-2H3;1H/b18-17+;. The van der Waals surface area contributed by atoms with Crippen LogP contribution >= 0.6 is 12.4 Å². The summed E-state index contributed by atoms with van der Waals surface area (Å²) in [5, 5.41) is 0. The minimum absolute atomic E-state index is 0. The van der Waals surface area contributed by atoms with Gasteiger partial charge in [0, 0.05) is 5.69 Å². The van der Waals surface area contributed by atoms with Crippen LogP contribution in [0.5, 0.6) is 5.75 Å². The van der Waals surface area contributed by atoms with Gasteiger partial charge in [-0.1, -0.05) is 49.3 Å². The number of rotatable bonds is 9. The smallest absolute Gasteiger partial charge is 0.119 e. The van der Waals surface area contributed by atoms with E-state index >= 15 is 0 Å². The van der Waals surface area contributed by atoms with Gasteiger partial charge in [0.25, 0.3) is 0 Å². The van der Waals surface area contributed by atoms with Crippen molar-refractivity contribution in [2.45, 2.75) is 46.0 Å². The number of allylic oxidation sites excluding steroid dienone is 1. The van der Waals surface area contributed by atoms with Crippen molar-refractivity contribution >= 4 is 24.2 Å². The van der Waals surface area contributed by atoms with Crippen LogP contribution < -0.4 is 10.5 Å². The minimum Gasteiger partial charge on any atom is -0.494 e. The van der Waals surface area contributed by atoms with Gasteiger partial charge in [0.2, 0.25) is 0 Å². The molecule has 0 heterocycles. The highest BCUT2D eigenvalue weighted by atomic mass is 35.5. The van der Waals surface area contributed by atoms with Gasteiger partial charge in [-0.15, -0.1) is 12.4 Å². The third-order valence-corrected chi connectivity index (χ3v) is 4.08. The number of unbranched alkanes of at least 4 members (excludes halogenated alkanes) is 1. The molecule has 136 valence electrons. The number of benzene rings is 2. The van der Waals surface area contributed by atoms with E-state index in [-0.39, 0.29) is 12.4 Å². The Morgan fingerprint density at radius 2 is 1.68 bits per heavy atom. The van der Waals surface area contributed by atoms with E-state index in [1.807, 2.05) is 12.1 Å². The van der Waals surface area contributed by atoms with Gasteiger partial charge in [-0.2, -0.15) is 0 Å². The first kappa shape index (κ1) is 21.1. The van der Waals surface area contributed by atoms with Gasteiger partial charge in [-0.3, -0.25) is 0 Å². The van der Waals surface area contributed by atoms with Gasteiger partial charge in [-0.05, 0) is 68.0 Å². The average molecular weight is 360 g/mol. The SMILES string of the molecule is CCCCOc1ccc(/C=C(\C)CCCc2ccc(N)cc2)cc1.Cl. The van der Waals surface area contributed by atoms with Crippen molar-refractivity contribution in [3.8, 4) is 5.75 Å². The first-order valence-electron chi connectivity index (χ1n) is 8.92. The number of anilines is 1. The molecule has 0 amide bonds. The Hall–Kier alpha value is -1.93. The third kappa shape index (κ3) is 8.13. The Labute approximate surface area is 158 Å². The quantitative estimate of drug-likeness (QED) is 0.421. The van der Waals surface area contributed by atoms with Gasteiger partial charge < -0.3 is 10.5 Å². The van der Waals surface area contributed by atoms with Gasteiger partial charge in [0.05, 0.1) is 6.61 Å². The molecule has 0 aliphatic rings. The number of halogens is 1. The zero-order chi connectivity index (χ0) is 17.2. The summed E-state index contributed by atoms with van der Waals surface area (Å²) >= 11 is 0. The Bertz CT molecular complexity index is 632. The van der Waals surface area contributed by atoms with Crippen molar-refractivity contribution in [1.82, 2.24) is 0 Å². The summed E-state index contributed by atoms with van der Waals surface area (Å²) in [6.45, 7) is 5.18. The van der Waals surface area contributed by atoms with E-state index in [0.29, 0.717) is 0 Å². The summed E-state index contributed by atoms with van der Waals surface area (Å²) in [4.78, 5) is 0. The number of nitrogen functional groups attached to an aromatic ring is 1. The fourth-order valence-electron chi connectivity index (χ4n) is 2.61. The van der Waals surface area contributed by atoms with Crippen LogP contribution in [0.25, 0.3) is 6.08 Å². The first-order chi connectivity index (χ1) is 11.7. The van der Waals surface area contributed by atoms with Gasteiger partial charge >= 0.3 is 0 Å². The van der Waals surface area contributed by atoms with Crippen molar-refractivity contribution in [1.29, 1.82) is 0 Å². The number of ether oxygens (including phenoxy) is 1. The molecule has 2 nitrogen and oxygen atoms in total. The average Bonchev–Trinajstić information content (AvgIpc) is 2.58. The molecule has 0 aromatic heterocycles. The predicted molar refractivity (Wildman–Crippen MR) is 112 cm³/mol. The third-order valence-electron chi connectivity index (χ3n) is 4.08. The molecule has 0 aliphatic heterocycles. The molecule has 2 rings (SSSR count). The monoisotopic (exact) mass is 359 g/mol. The predicted octanol–water partition coefficient (Wildman–Crippen LogP) is 6.30. The second-order valence-corrected chi connectivity index (χ2v) is 6.36. The minimum atomic E-state index is 0. The molecule has 0 saturated heterocycles. The molecule has 0 aliphatic carbocycles. The lowest BCUT2D eigenvalue weighted by Gasteiger charge is -2.06. The van der Waals surface area contributed by atoms with Crippen molar-refractivity contribution in [2.24, 2.45) is 0 Å². The zero-order valence-electron chi connectivity index (χ0n) is 15.3. The molecule has 2 aromatic carbocycles. The fraction of sp³-hybridized carbons (Fsp3) is 0.364. The summed E-state index contributed by atoms with van der Waals surface area (Å²) in [5.74, 6) is 0.960. The Morgan fingerprint density at radius 1 is 1.00 bits per heavy atom. The summed E-state index contributed by atoms with van der Waals surface area (Å²) in [7, 11) is 0. The summed E-state index contributed by atoms with van der Waals surface area (Å²) < 4.78 is 5.70.